The van der Waals surface area contributed by atoms with Crippen LogP contribution in [0.15, 0.2) is 31.0 Å². The van der Waals surface area contributed by atoms with Crippen molar-refractivity contribution >= 4 is 11.4 Å². The highest BCUT2D eigenvalue weighted by molar-refractivity contribution is 5.65. The first kappa shape index (κ1) is 15.1. The SMILES string of the molecule is Nc1cnc(C(F)(F)F)cc1NCCCCn1ccnc1. The molecule has 0 radical (unpaired) electrons. The number of nitrogens with zero attached hydrogens (tertiary/aromatic N) is 3. The maximum atomic E-state index is 12.6. The van der Waals surface area contributed by atoms with Crippen LogP contribution in [-0.4, -0.2) is 21.1 Å². The second kappa shape index (κ2) is 6.47. The Balaban J connectivity index is 1.82. The zero-order valence-corrected chi connectivity index (χ0v) is 11.3. The molecule has 2 aromatic heterocycles. The first-order valence-electron chi connectivity index (χ1n) is 6.49. The molecule has 0 aliphatic heterocycles. The number of hydrogen-bond donors (Lipinski definition) is 2. The Morgan fingerprint density at radius 2 is 2.10 bits per heavy atom. The molecule has 8 heteroatoms. The quantitative estimate of drug-likeness (QED) is 0.805. The number of nitrogens with one attached hydrogen (secondary N) is 1. The summed E-state index contributed by atoms with van der Waals surface area (Å²) in [4.78, 5) is 7.22. The van der Waals surface area contributed by atoms with E-state index in [1.807, 2.05) is 10.8 Å². The predicted octanol–water partition coefficient (Wildman–Crippen LogP) is 2.77. The standard InChI is InChI=1S/C13H16F3N5/c14-13(15,16)12-7-11(10(17)8-20-12)19-3-1-2-5-21-6-4-18-9-21/h4,6-9H,1-3,5,17H2,(H,19,20). The Kier molecular flexibility index (Phi) is 4.66. The molecule has 0 aliphatic rings. The molecule has 5 nitrogen and oxygen atoms in total. The molecule has 0 amide bonds. The highest BCUT2D eigenvalue weighted by atomic mass is 19.4. The van der Waals surface area contributed by atoms with Crippen molar-refractivity contribution in [2.75, 3.05) is 17.6 Å². The zero-order chi connectivity index (χ0) is 15.3. The summed E-state index contributed by atoms with van der Waals surface area (Å²) in [5.41, 5.74) is 5.14. The summed E-state index contributed by atoms with van der Waals surface area (Å²) >= 11 is 0. The van der Waals surface area contributed by atoms with Gasteiger partial charge in [-0.3, -0.25) is 0 Å². The second-order valence-corrected chi connectivity index (χ2v) is 4.59. The number of hydrogen-bond acceptors (Lipinski definition) is 4. The first-order chi connectivity index (χ1) is 9.97. The van der Waals surface area contributed by atoms with E-state index < -0.39 is 11.9 Å². The summed E-state index contributed by atoms with van der Waals surface area (Å²) in [5.74, 6) is 0. The summed E-state index contributed by atoms with van der Waals surface area (Å²) in [6.45, 7) is 1.36. The minimum absolute atomic E-state index is 0.206. The molecule has 2 aromatic rings. The van der Waals surface area contributed by atoms with Gasteiger partial charge in [0.1, 0.15) is 5.69 Å². The van der Waals surface area contributed by atoms with Gasteiger partial charge in [-0.1, -0.05) is 0 Å². The molecule has 0 saturated heterocycles. The van der Waals surface area contributed by atoms with Gasteiger partial charge >= 0.3 is 6.18 Å². The molecule has 0 aromatic carbocycles. The van der Waals surface area contributed by atoms with Crippen LogP contribution in [0.4, 0.5) is 24.5 Å². The van der Waals surface area contributed by atoms with Gasteiger partial charge in [0.2, 0.25) is 0 Å². The van der Waals surface area contributed by atoms with Crippen molar-refractivity contribution in [2.45, 2.75) is 25.6 Å². The van der Waals surface area contributed by atoms with Gasteiger partial charge in [0.05, 0.1) is 23.9 Å². The smallest absolute Gasteiger partial charge is 0.396 e. The van der Waals surface area contributed by atoms with Crippen LogP contribution in [0.25, 0.3) is 0 Å². The summed E-state index contributed by atoms with van der Waals surface area (Å²) in [6, 6.07) is 0.936. The molecule has 2 rings (SSSR count). The zero-order valence-electron chi connectivity index (χ0n) is 11.3. The van der Waals surface area contributed by atoms with E-state index in [-0.39, 0.29) is 11.4 Å². The van der Waals surface area contributed by atoms with Crippen molar-refractivity contribution < 1.29 is 13.2 Å². The number of pyridine rings is 1. The molecule has 0 spiro atoms. The van der Waals surface area contributed by atoms with Gasteiger partial charge < -0.3 is 15.6 Å². The highest BCUT2D eigenvalue weighted by Crippen LogP contribution is 2.30. The van der Waals surface area contributed by atoms with Crippen molar-refractivity contribution in [1.29, 1.82) is 0 Å². The fourth-order valence-corrected chi connectivity index (χ4v) is 1.84. The van der Waals surface area contributed by atoms with Gasteiger partial charge in [0, 0.05) is 25.5 Å². The molecule has 0 unspecified atom stereocenters. The Morgan fingerprint density at radius 3 is 2.76 bits per heavy atom. The number of rotatable bonds is 6. The molecule has 114 valence electrons. The van der Waals surface area contributed by atoms with Crippen LogP contribution in [0.2, 0.25) is 0 Å². The van der Waals surface area contributed by atoms with E-state index in [2.05, 4.69) is 15.3 Å². The summed E-state index contributed by atoms with van der Waals surface area (Å²) in [7, 11) is 0. The number of nitrogens with two attached hydrogens (primary N) is 1. The molecule has 0 saturated carbocycles. The average Bonchev–Trinajstić information content (AvgIpc) is 2.92. The fraction of sp³-hybridized carbons (Fsp3) is 0.385. The van der Waals surface area contributed by atoms with Crippen molar-refractivity contribution in [2.24, 2.45) is 0 Å². The van der Waals surface area contributed by atoms with E-state index in [9.17, 15) is 13.2 Å². The third-order valence-corrected chi connectivity index (χ3v) is 2.94. The lowest BCUT2D eigenvalue weighted by molar-refractivity contribution is -0.141. The van der Waals surface area contributed by atoms with Gasteiger partial charge in [-0.2, -0.15) is 13.2 Å². The van der Waals surface area contributed by atoms with E-state index in [0.717, 1.165) is 31.6 Å². The maximum Gasteiger partial charge on any atom is 0.433 e. The lowest BCUT2D eigenvalue weighted by Crippen LogP contribution is -2.11. The number of imidazole rings is 1. The molecule has 0 bridgehead atoms. The predicted molar refractivity (Wildman–Crippen MR) is 73.6 cm³/mol. The Hall–Kier alpha value is -2.25. The fourth-order valence-electron chi connectivity index (χ4n) is 1.84. The Labute approximate surface area is 120 Å². The van der Waals surface area contributed by atoms with Crippen LogP contribution in [-0.2, 0) is 12.7 Å². The van der Waals surface area contributed by atoms with Crippen LogP contribution < -0.4 is 11.1 Å². The van der Waals surface area contributed by atoms with E-state index in [1.54, 1.807) is 12.5 Å². The third-order valence-electron chi connectivity index (χ3n) is 2.94. The molecular formula is C13H16F3N5. The van der Waals surface area contributed by atoms with Crippen LogP contribution in [0.1, 0.15) is 18.5 Å². The van der Waals surface area contributed by atoms with Gasteiger partial charge in [0.15, 0.2) is 0 Å². The molecule has 0 fully saturated rings. The van der Waals surface area contributed by atoms with E-state index in [1.165, 1.54) is 0 Å². The van der Waals surface area contributed by atoms with Crippen molar-refractivity contribution in [3.05, 3.63) is 36.7 Å². The van der Waals surface area contributed by atoms with Crippen molar-refractivity contribution in [1.82, 2.24) is 14.5 Å². The lowest BCUT2D eigenvalue weighted by atomic mass is 10.2. The highest BCUT2D eigenvalue weighted by Gasteiger charge is 2.32. The summed E-state index contributed by atoms with van der Waals surface area (Å²) in [6.07, 6.45) is 3.55. The number of halogens is 3. The Bertz CT molecular complexity index is 566. The number of aromatic nitrogens is 3. The van der Waals surface area contributed by atoms with E-state index >= 15 is 0 Å². The summed E-state index contributed by atoms with van der Waals surface area (Å²) < 4.78 is 39.6. The normalized spacial score (nSPS) is 11.6. The second-order valence-electron chi connectivity index (χ2n) is 4.59. The van der Waals surface area contributed by atoms with Crippen LogP contribution in [0.5, 0.6) is 0 Å². The number of nitrogen functional groups attached to an aromatic ring is 1. The van der Waals surface area contributed by atoms with Gasteiger partial charge in [-0.15, -0.1) is 0 Å². The van der Waals surface area contributed by atoms with Gasteiger partial charge in [-0.25, -0.2) is 9.97 Å². The van der Waals surface area contributed by atoms with Gasteiger partial charge in [-0.05, 0) is 18.9 Å². The van der Waals surface area contributed by atoms with Gasteiger partial charge in [0.25, 0.3) is 0 Å². The van der Waals surface area contributed by atoms with E-state index in [0.29, 0.717) is 6.54 Å². The minimum atomic E-state index is -4.47. The minimum Gasteiger partial charge on any atom is -0.396 e. The number of alkyl halides is 3. The topological polar surface area (TPSA) is 68.8 Å². The van der Waals surface area contributed by atoms with E-state index in [4.69, 9.17) is 5.73 Å². The summed E-state index contributed by atoms with van der Waals surface area (Å²) in [5, 5.41) is 2.92. The van der Waals surface area contributed by atoms with Crippen LogP contribution in [0, 0.1) is 0 Å². The molecule has 0 atom stereocenters. The van der Waals surface area contributed by atoms with Crippen molar-refractivity contribution in [3.8, 4) is 0 Å². The number of aryl methyl sites for hydroxylation is 1. The largest absolute Gasteiger partial charge is 0.433 e. The third kappa shape index (κ3) is 4.37. The Morgan fingerprint density at radius 1 is 1.29 bits per heavy atom. The molecule has 21 heavy (non-hydrogen) atoms. The molecule has 2 heterocycles. The molecular weight excluding hydrogens is 283 g/mol. The number of anilines is 2. The first-order valence-corrected chi connectivity index (χ1v) is 6.49. The maximum absolute atomic E-state index is 12.6. The molecule has 0 aliphatic carbocycles. The van der Waals surface area contributed by atoms with Crippen LogP contribution in [0.3, 0.4) is 0 Å². The monoisotopic (exact) mass is 299 g/mol. The van der Waals surface area contributed by atoms with Crippen molar-refractivity contribution in [3.63, 3.8) is 0 Å². The van der Waals surface area contributed by atoms with Crippen LogP contribution >= 0.6 is 0 Å². The lowest BCUT2D eigenvalue weighted by Gasteiger charge is -2.12. The average molecular weight is 299 g/mol. The molecule has 3 N–H and O–H groups in total. The number of unbranched alkanes of at least 4 members (excludes halogenated alkanes) is 1.